The van der Waals surface area contributed by atoms with Crippen molar-refractivity contribution in [1.82, 2.24) is 0 Å². The Kier molecular flexibility index (Phi) is 4.51. The fourth-order valence-electron chi connectivity index (χ4n) is 2.04. The number of rotatable bonds is 5. The molecule has 1 fully saturated rings. The lowest BCUT2D eigenvalue weighted by Crippen LogP contribution is -2.25. The maximum Gasteiger partial charge on any atom is 0.240 e. The lowest BCUT2D eigenvalue weighted by molar-refractivity contribution is 0.127. The zero-order valence-corrected chi connectivity index (χ0v) is 12.6. The third-order valence-electron chi connectivity index (χ3n) is 2.94. The third-order valence-corrected chi connectivity index (χ3v) is 5.24. The van der Waals surface area contributed by atoms with Gasteiger partial charge in [-0.3, -0.25) is 4.72 Å². The number of halogens is 1. The van der Waals surface area contributed by atoms with Crippen LogP contribution in [0.25, 0.3) is 0 Å². The molecule has 3 N–H and O–H groups in total. The lowest BCUT2D eigenvalue weighted by Gasteiger charge is -2.12. The molecule has 1 aliphatic heterocycles. The molecular formula is C11H15FN2O5S2. The summed E-state index contributed by atoms with van der Waals surface area (Å²) in [6.45, 7) is 0.526. The van der Waals surface area contributed by atoms with Gasteiger partial charge in [-0.2, -0.15) is 0 Å². The minimum absolute atomic E-state index is 0.0714. The lowest BCUT2D eigenvalue weighted by atomic mass is 10.3. The minimum atomic E-state index is -4.18. The van der Waals surface area contributed by atoms with Crippen molar-refractivity contribution in [3.05, 3.63) is 24.0 Å². The van der Waals surface area contributed by atoms with Gasteiger partial charge < -0.3 is 4.74 Å². The highest BCUT2D eigenvalue weighted by atomic mass is 32.2. The van der Waals surface area contributed by atoms with Gasteiger partial charge in [-0.15, -0.1) is 0 Å². The summed E-state index contributed by atoms with van der Waals surface area (Å²) in [7, 11) is -7.89. The van der Waals surface area contributed by atoms with Gasteiger partial charge in [-0.25, -0.2) is 26.4 Å². The summed E-state index contributed by atoms with van der Waals surface area (Å²) in [6.07, 6.45) is 1.08. The van der Waals surface area contributed by atoms with Crippen molar-refractivity contribution >= 4 is 25.7 Å². The number of hydrogen-bond donors (Lipinski definition) is 2. The first kappa shape index (κ1) is 16.1. The molecule has 0 amide bonds. The van der Waals surface area contributed by atoms with E-state index < -0.39 is 30.8 Å². The maximum atomic E-state index is 13.6. The van der Waals surface area contributed by atoms with Crippen molar-refractivity contribution in [3.63, 3.8) is 0 Å². The van der Waals surface area contributed by atoms with Crippen molar-refractivity contribution < 1.29 is 26.0 Å². The first-order valence-corrected chi connectivity index (χ1v) is 9.32. The predicted molar refractivity (Wildman–Crippen MR) is 74.2 cm³/mol. The molecule has 118 valence electrons. The number of primary sulfonamides is 1. The Labute approximate surface area is 122 Å². The molecule has 0 aromatic heterocycles. The molecular weight excluding hydrogens is 323 g/mol. The molecule has 0 spiro atoms. The van der Waals surface area contributed by atoms with Gasteiger partial charge in [0.15, 0.2) is 0 Å². The van der Waals surface area contributed by atoms with Crippen LogP contribution in [0.4, 0.5) is 10.1 Å². The summed E-state index contributed by atoms with van der Waals surface area (Å²) >= 11 is 0. The van der Waals surface area contributed by atoms with Crippen LogP contribution in [-0.2, 0) is 24.8 Å². The molecule has 2 rings (SSSR count). The van der Waals surface area contributed by atoms with E-state index in [0.717, 1.165) is 24.6 Å². The second-order valence-corrected chi connectivity index (χ2v) is 8.01. The number of sulfonamides is 2. The van der Waals surface area contributed by atoms with Crippen LogP contribution >= 0.6 is 0 Å². The molecule has 0 aliphatic carbocycles. The number of hydrogen-bond acceptors (Lipinski definition) is 5. The third kappa shape index (κ3) is 4.37. The maximum absolute atomic E-state index is 13.6. The molecule has 10 heteroatoms. The Balaban J connectivity index is 2.14. The van der Waals surface area contributed by atoms with Crippen molar-refractivity contribution in [2.75, 3.05) is 17.1 Å². The Hall–Kier alpha value is -1.23. The first-order chi connectivity index (χ1) is 9.67. The molecule has 1 aromatic rings. The predicted octanol–water partition coefficient (Wildman–Crippen LogP) is 0.394. The van der Waals surface area contributed by atoms with Gasteiger partial charge in [-0.1, -0.05) is 0 Å². The Morgan fingerprint density at radius 3 is 2.57 bits per heavy atom. The van der Waals surface area contributed by atoms with E-state index in [9.17, 15) is 21.2 Å². The summed E-state index contributed by atoms with van der Waals surface area (Å²) in [5, 5.41) is 4.82. The zero-order valence-electron chi connectivity index (χ0n) is 11.0. The number of nitrogens with two attached hydrogens (primary N) is 1. The SMILES string of the molecule is NS(=O)(=O)c1ccc(NS(=O)(=O)CC2CCCO2)cc1F. The highest BCUT2D eigenvalue weighted by molar-refractivity contribution is 7.92. The number of ether oxygens (including phenoxy) is 1. The van der Waals surface area contributed by atoms with Gasteiger partial charge in [0.1, 0.15) is 10.7 Å². The van der Waals surface area contributed by atoms with Crippen molar-refractivity contribution in [2.24, 2.45) is 5.14 Å². The Morgan fingerprint density at radius 2 is 2.05 bits per heavy atom. The summed E-state index contributed by atoms with van der Waals surface area (Å²) in [5.74, 6) is -1.35. The van der Waals surface area contributed by atoms with Crippen LogP contribution in [0.3, 0.4) is 0 Å². The van der Waals surface area contributed by atoms with E-state index in [2.05, 4.69) is 4.72 Å². The molecule has 7 nitrogen and oxygen atoms in total. The molecule has 1 saturated heterocycles. The molecule has 21 heavy (non-hydrogen) atoms. The van der Waals surface area contributed by atoms with Gasteiger partial charge in [0, 0.05) is 6.61 Å². The second kappa shape index (κ2) is 5.87. The van der Waals surface area contributed by atoms with E-state index in [0.29, 0.717) is 13.0 Å². The van der Waals surface area contributed by atoms with Crippen LogP contribution in [0, 0.1) is 5.82 Å². The number of nitrogens with one attached hydrogen (secondary N) is 1. The standard InChI is InChI=1S/C11H15FN2O5S2/c12-10-6-8(3-4-11(10)21(13,17)18)14-20(15,16)7-9-2-1-5-19-9/h3-4,6,9,14H,1-2,5,7H2,(H2,13,17,18). The fraction of sp³-hybridized carbons (Fsp3) is 0.455. The zero-order chi connectivity index (χ0) is 15.7. The van der Waals surface area contributed by atoms with Crippen LogP contribution in [0.15, 0.2) is 23.1 Å². The van der Waals surface area contributed by atoms with E-state index in [4.69, 9.17) is 9.88 Å². The average Bonchev–Trinajstić information content (AvgIpc) is 2.78. The molecule has 0 saturated carbocycles. The van der Waals surface area contributed by atoms with Gasteiger partial charge in [0.2, 0.25) is 20.0 Å². The largest absolute Gasteiger partial charge is 0.377 e. The highest BCUT2D eigenvalue weighted by Gasteiger charge is 2.24. The summed E-state index contributed by atoms with van der Waals surface area (Å²) in [5.41, 5.74) is -0.0714. The van der Waals surface area contributed by atoms with Crippen LogP contribution in [-0.4, -0.2) is 35.3 Å². The first-order valence-electron chi connectivity index (χ1n) is 6.12. The fourth-order valence-corrected chi connectivity index (χ4v) is 3.95. The highest BCUT2D eigenvalue weighted by Crippen LogP contribution is 2.20. The molecule has 1 unspecified atom stereocenters. The summed E-state index contributed by atoms with van der Waals surface area (Å²) in [4.78, 5) is -0.690. The van der Waals surface area contributed by atoms with E-state index in [-0.39, 0.29) is 17.5 Å². The summed E-state index contributed by atoms with van der Waals surface area (Å²) < 4.78 is 66.9. The Bertz CT molecular complexity index is 727. The number of anilines is 1. The molecule has 1 aromatic carbocycles. The van der Waals surface area contributed by atoms with Crippen molar-refractivity contribution in [1.29, 1.82) is 0 Å². The molecule has 1 heterocycles. The topological polar surface area (TPSA) is 116 Å². The monoisotopic (exact) mass is 338 g/mol. The van der Waals surface area contributed by atoms with Crippen molar-refractivity contribution in [2.45, 2.75) is 23.8 Å². The minimum Gasteiger partial charge on any atom is -0.377 e. The van der Waals surface area contributed by atoms with Crippen LogP contribution < -0.4 is 9.86 Å². The molecule has 1 atom stereocenters. The van der Waals surface area contributed by atoms with Gasteiger partial charge in [0.05, 0.1) is 17.5 Å². The van der Waals surface area contributed by atoms with Gasteiger partial charge in [0.25, 0.3) is 0 Å². The molecule has 1 aliphatic rings. The normalized spacial score (nSPS) is 19.6. The van der Waals surface area contributed by atoms with E-state index >= 15 is 0 Å². The van der Waals surface area contributed by atoms with Gasteiger partial charge >= 0.3 is 0 Å². The number of benzene rings is 1. The van der Waals surface area contributed by atoms with E-state index in [1.54, 1.807) is 0 Å². The smallest absolute Gasteiger partial charge is 0.240 e. The van der Waals surface area contributed by atoms with E-state index in [1.807, 2.05) is 0 Å². The quantitative estimate of drug-likeness (QED) is 0.806. The Morgan fingerprint density at radius 1 is 1.33 bits per heavy atom. The van der Waals surface area contributed by atoms with Crippen LogP contribution in [0.5, 0.6) is 0 Å². The van der Waals surface area contributed by atoms with Crippen molar-refractivity contribution in [3.8, 4) is 0 Å². The molecule has 0 radical (unpaired) electrons. The van der Waals surface area contributed by atoms with E-state index in [1.165, 1.54) is 0 Å². The van der Waals surface area contributed by atoms with Gasteiger partial charge in [-0.05, 0) is 31.0 Å². The second-order valence-electron chi connectivity index (χ2n) is 4.71. The molecule has 0 bridgehead atoms. The average molecular weight is 338 g/mol. The van der Waals surface area contributed by atoms with Crippen LogP contribution in [0.2, 0.25) is 0 Å². The van der Waals surface area contributed by atoms with Crippen LogP contribution in [0.1, 0.15) is 12.8 Å². The summed E-state index contributed by atoms with van der Waals surface area (Å²) in [6, 6.07) is 2.82.